The lowest BCUT2D eigenvalue weighted by Gasteiger charge is -2.42. The zero-order valence-electron chi connectivity index (χ0n) is 14.8. The molecule has 6 nitrogen and oxygen atoms in total. The first-order valence-electron chi connectivity index (χ1n) is 8.08. The molecule has 0 aliphatic carbocycles. The fourth-order valence-electron chi connectivity index (χ4n) is 2.77. The molecule has 2 amide bonds. The number of carbonyl (C=O) groups is 2. The molecule has 0 bridgehead atoms. The smallest absolute Gasteiger partial charge is 0.410 e. The van der Waals surface area contributed by atoms with Crippen molar-refractivity contribution < 1.29 is 14.3 Å². The lowest BCUT2D eigenvalue weighted by atomic mass is 10.0. The van der Waals surface area contributed by atoms with Gasteiger partial charge in [-0.25, -0.2) is 4.79 Å². The second kappa shape index (κ2) is 7.31. The Hall–Kier alpha value is -1.30. The molecular formula is C16H31N3O3. The third kappa shape index (κ3) is 5.16. The molecule has 2 N–H and O–H groups in total. The Labute approximate surface area is 134 Å². The van der Waals surface area contributed by atoms with Crippen LogP contribution in [0.3, 0.4) is 0 Å². The van der Waals surface area contributed by atoms with E-state index < -0.39 is 11.6 Å². The third-order valence-corrected chi connectivity index (χ3v) is 3.65. The summed E-state index contributed by atoms with van der Waals surface area (Å²) in [5.41, 5.74) is 5.17. The van der Waals surface area contributed by atoms with E-state index in [-0.39, 0.29) is 24.1 Å². The number of carbonyl (C=O) groups excluding carboxylic acids is 2. The van der Waals surface area contributed by atoms with Crippen LogP contribution in [-0.4, -0.2) is 58.6 Å². The molecule has 1 fully saturated rings. The normalized spacial score (nSPS) is 20.7. The van der Waals surface area contributed by atoms with E-state index in [0.717, 1.165) is 12.8 Å². The van der Waals surface area contributed by atoms with E-state index in [1.807, 2.05) is 34.6 Å². The minimum Gasteiger partial charge on any atom is -0.444 e. The van der Waals surface area contributed by atoms with Gasteiger partial charge < -0.3 is 20.3 Å². The van der Waals surface area contributed by atoms with Crippen molar-refractivity contribution in [1.82, 2.24) is 9.80 Å². The van der Waals surface area contributed by atoms with Gasteiger partial charge in [0.2, 0.25) is 5.91 Å². The van der Waals surface area contributed by atoms with Gasteiger partial charge in [0.1, 0.15) is 5.60 Å². The lowest BCUT2D eigenvalue weighted by molar-refractivity contribution is -0.134. The summed E-state index contributed by atoms with van der Waals surface area (Å²) in [6.45, 7) is 12.4. The molecule has 1 rings (SSSR count). The van der Waals surface area contributed by atoms with Crippen LogP contribution in [-0.2, 0) is 9.53 Å². The number of hydrogen-bond donors (Lipinski definition) is 1. The molecule has 0 saturated carbocycles. The van der Waals surface area contributed by atoms with E-state index >= 15 is 0 Å². The van der Waals surface area contributed by atoms with Crippen LogP contribution >= 0.6 is 0 Å². The maximum Gasteiger partial charge on any atom is 0.410 e. The zero-order chi connectivity index (χ0) is 17.1. The molecular weight excluding hydrogens is 282 g/mol. The van der Waals surface area contributed by atoms with Gasteiger partial charge in [0.05, 0.1) is 12.1 Å². The number of hydrogen-bond acceptors (Lipinski definition) is 4. The van der Waals surface area contributed by atoms with Crippen molar-refractivity contribution in [2.75, 3.05) is 13.1 Å². The van der Waals surface area contributed by atoms with E-state index in [1.54, 1.807) is 16.7 Å². The maximum atomic E-state index is 12.5. The molecule has 0 aromatic carbocycles. The van der Waals surface area contributed by atoms with Gasteiger partial charge in [0, 0.05) is 19.1 Å². The van der Waals surface area contributed by atoms with Crippen molar-refractivity contribution in [1.29, 1.82) is 0 Å². The molecule has 1 saturated heterocycles. The van der Waals surface area contributed by atoms with Gasteiger partial charge in [-0.15, -0.1) is 0 Å². The molecule has 0 spiro atoms. The lowest BCUT2D eigenvalue weighted by Crippen LogP contribution is -2.56. The van der Waals surface area contributed by atoms with E-state index in [0.29, 0.717) is 13.1 Å². The van der Waals surface area contributed by atoms with Gasteiger partial charge in [-0.05, 0) is 54.4 Å². The number of ether oxygens (including phenoxy) is 1. The van der Waals surface area contributed by atoms with E-state index in [4.69, 9.17) is 10.5 Å². The van der Waals surface area contributed by atoms with Crippen molar-refractivity contribution in [2.24, 2.45) is 5.73 Å². The largest absolute Gasteiger partial charge is 0.444 e. The van der Waals surface area contributed by atoms with E-state index in [9.17, 15) is 9.59 Å². The van der Waals surface area contributed by atoms with Gasteiger partial charge in [0.25, 0.3) is 0 Å². The third-order valence-electron chi connectivity index (χ3n) is 3.65. The molecule has 1 heterocycles. The van der Waals surface area contributed by atoms with Crippen LogP contribution in [0.4, 0.5) is 4.79 Å². The van der Waals surface area contributed by atoms with Crippen LogP contribution in [0.2, 0.25) is 0 Å². The molecule has 2 atom stereocenters. The maximum absolute atomic E-state index is 12.5. The summed E-state index contributed by atoms with van der Waals surface area (Å²) in [6, 6.07) is -0.510. The summed E-state index contributed by atoms with van der Waals surface area (Å²) in [6.07, 6.45) is 1.43. The van der Waals surface area contributed by atoms with Gasteiger partial charge in [-0.1, -0.05) is 0 Å². The predicted molar refractivity (Wildman–Crippen MR) is 86.5 cm³/mol. The summed E-state index contributed by atoms with van der Waals surface area (Å²) < 4.78 is 5.52. The molecule has 128 valence electrons. The number of piperidine rings is 1. The molecule has 22 heavy (non-hydrogen) atoms. The van der Waals surface area contributed by atoms with Crippen LogP contribution < -0.4 is 5.73 Å². The summed E-state index contributed by atoms with van der Waals surface area (Å²) >= 11 is 0. The zero-order valence-corrected chi connectivity index (χ0v) is 14.8. The molecule has 0 radical (unpaired) electrons. The highest BCUT2D eigenvalue weighted by molar-refractivity contribution is 5.81. The SMILES string of the molecule is CC(C)N(C(=O)OC(C)(C)C)[C@H]1CCCN(C(=O)[C@H](C)N)C1. The minimum absolute atomic E-state index is 0.0187. The van der Waals surface area contributed by atoms with Crippen LogP contribution in [0.5, 0.6) is 0 Å². The average molecular weight is 313 g/mol. The molecule has 0 unspecified atom stereocenters. The minimum atomic E-state index is -0.528. The molecule has 0 aromatic heterocycles. The van der Waals surface area contributed by atoms with Crippen molar-refractivity contribution in [2.45, 2.75) is 78.1 Å². The van der Waals surface area contributed by atoms with Crippen molar-refractivity contribution in [3.8, 4) is 0 Å². The number of nitrogens with zero attached hydrogens (tertiary/aromatic N) is 2. The monoisotopic (exact) mass is 313 g/mol. The summed E-state index contributed by atoms with van der Waals surface area (Å²) in [4.78, 5) is 28.1. The van der Waals surface area contributed by atoms with Crippen LogP contribution in [0, 0.1) is 0 Å². The van der Waals surface area contributed by atoms with Gasteiger partial charge >= 0.3 is 6.09 Å². The highest BCUT2D eigenvalue weighted by atomic mass is 16.6. The predicted octanol–water partition coefficient (Wildman–Crippen LogP) is 1.97. The Kier molecular flexibility index (Phi) is 6.23. The fraction of sp³-hybridized carbons (Fsp3) is 0.875. The van der Waals surface area contributed by atoms with E-state index in [2.05, 4.69) is 0 Å². The van der Waals surface area contributed by atoms with Crippen LogP contribution in [0.25, 0.3) is 0 Å². The van der Waals surface area contributed by atoms with Crippen molar-refractivity contribution in [3.63, 3.8) is 0 Å². The number of amides is 2. The Balaban J connectivity index is 2.83. The topological polar surface area (TPSA) is 75.9 Å². The Bertz CT molecular complexity index is 402. The van der Waals surface area contributed by atoms with Crippen molar-refractivity contribution in [3.05, 3.63) is 0 Å². The first-order chi connectivity index (χ1) is 10.0. The second-order valence-electron chi connectivity index (χ2n) is 7.35. The standard InChI is InChI=1S/C16H31N3O3/c1-11(2)19(15(21)22-16(4,5)6)13-8-7-9-18(10-13)14(20)12(3)17/h11-13H,7-10,17H2,1-6H3/t12-,13-/m0/s1. The fourth-order valence-corrected chi connectivity index (χ4v) is 2.77. The van der Waals surface area contributed by atoms with Crippen LogP contribution in [0.1, 0.15) is 54.4 Å². The quantitative estimate of drug-likeness (QED) is 0.864. The molecule has 0 aromatic rings. The number of likely N-dealkylation sites (tertiary alicyclic amines) is 1. The van der Waals surface area contributed by atoms with Gasteiger partial charge in [-0.2, -0.15) is 0 Å². The summed E-state index contributed by atoms with van der Waals surface area (Å²) in [7, 11) is 0. The summed E-state index contributed by atoms with van der Waals surface area (Å²) in [5.74, 6) is -0.0578. The molecule has 1 aliphatic rings. The Morgan fingerprint density at radius 2 is 1.86 bits per heavy atom. The molecule has 1 aliphatic heterocycles. The average Bonchev–Trinajstić information content (AvgIpc) is 2.35. The van der Waals surface area contributed by atoms with Crippen molar-refractivity contribution >= 4 is 12.0 Å². The Morgan fingerprint density at radius 3 is 2.32 bits per heavy atom. The Morgan fingerprint density at radius 1 is 1.27 bits per heavy atom. The number of nitrogens with two attached hydrogens (primary N) is 1. The summed E-state index contributed by atoms with van der Waals surface area (Å²) in [5, 5.41) is 0. The highest BCUT2D eigenvalue weighted by Crippen LogP contribution is 2.21. The highest BCUT2D eigenvalue weighted by Gasteiger charge is 2.34. The van der Waals surface area contributed by atoms with Gasteiger partial charge in [-0.3, -0.25) is 4.79 Å². The van der Waals surface area contributed by atoms with Gasteiger partial charge in [0.15, 0.2) is 0 Å². The first kappa shape index (κ1) is 18.7. The first-order valence-corrected chi connectivity index (χ1v) is 8.08. The number of rotatable bonds is 3. The van der Waals surface area contributed by atoms with Crippen LogP contribution in [0.15, 0.2) is 0 Å². The van der Waals surface area contributed by atoms with E-state index in [1.165, 1.54) is 0 Å². The second-order valence-corrected chi connectivity index (χ2v) is 7.35. The molecule has 6 heteroatoms.